The maximum atomic E-state index is 6.27. The molecule has 30 heavy (non-hydrogen) atoms. The lowest BCUT2D eigenvalue weighted by atomic mass is 10.1. The van der Waals surface area contributed by atoms with E-state index in [2.05, 4.69) is 30.5 Å². The Bertz CT molecular complexity index is 1210. The number of pyridine rings is 1. The van der Waals surface area contributed by atoms with Gasteiger partial charge >= 0.3 is 0 Å². The van der Waals surface area contributed by atoms with Crippen LogP contribution in [0.2, 0.25) is 5.02 Å². The number of hydrogen-bond acceptors (Lipinski definition) is 7. The van der Waals surface area contributed by atoms with Gasteiger partial charge in [0, 0.05) is 36.5 Å². The standard InChI is InChI=1S/C20H21ClN8O/c1-11-19(14-6-7-17(30-5)22-9-14)27-28(4)20(11)25-15-8-16(24-10-23-15)29-13(3)18(21)12(2)26-29/h6-10H,1-5H3,(H,23,24,25). The van der Waals surface area contributed by atoms with Crippen molar-refractivity contribution in [2.45, 2.75) is 20.8 Å². The lowest BCUT2D eigenvalue weighted by molar-refractivity contribution is 0.398. The van der Waals surface area contributed by atoms with E-state index in [0.29, 0.717) is 22.5 Å². The van der Waals surface area contributed by atoms with Crippen LogP contribution in [0.15, 0.2) is 30.7 Å². The maximum Gasteiger partial charge on any atom is 0.212 e. The number of ether oxygens (including phenoxy) is 1. The third-order valence-corrected chi connectivity index (χ3v) is 5.37. The van der Waals surface area contributed by atoms with Gasteiger partial charge in [0.2, 0.25) is 5.88 Å². The number of rotatable bonds is 5. The Morgan fingerprint density at radius 1 is 1.07 bits per heavy atom. The molecule has 0 bridgehead atoms. The summed E-state index contributed by atoms with van der Waals surface area (Å²) >= 11 is 6.27. The number of nitrogens with zero attached hydrogens (tertiary/aromatic N) is 7. The van der Waals surface area contributed by atoms with Crippen molar-refractivity contribution >= 4 is 23.2 Å². The van der Waals surface area contributed by atoms with Crippen molar-refractivity contribution in [2.24, 2.45) is 7.05 Å². The fraction of sp³-hybridized carbons (Fsp3) is 0.250. The Hall–Kier alpha value is -3.46. The first-order chi connectivity index (χ1) is 14.4. The van der Waals surface area contributed by atoms with Gasteiger partial charge in [-0.05, 0) is 26.8 Å². The first-order valence-corrected chi connectivity index (χ1v) is 9.62. The van der Waals surface area contributed by atoms with Gasteiger partial charge in [-0.1, -0.05) is 11.6 Å². The maximum absolute atomic E-state index is 6.27. The molecule has 154 valence electrons. The largest absolute Gasteiger partial charge is 0.481 e. The summed E-state index contributed by atoms with van der Waals surface area (Å²) < 4.78 is 8.61. The predicted octanol–water partition coefficient (Wildman–Crippen LogP) is 3.79. The second kappa shape index (κ2) is 7.75. The summed E-state index contributed by atoms with van der Waals surface area (Å²) in [4.78, 5) is 12.9. The van der Waals surface area contributed by atoms with Crippen molar-refractivity contribution in [3.63, 3.8) is 0 Å². The molecule has 0 atom stereocenters. The van der Waals surface area contributed by atoms with Crippen LogP contribution in [-0.4, -0.2) is 41.6 Å². The molecular weight excluding hydrogens is 404 g/mol. The van der Waals surface area contributed by atoms with Crippen LogP contribution >= 0.6 is 11.6 Å². The molecule has 4 heterocycles. The minimum absolute atomic E-state index is 0.559. The van der Waals surface area contributed by atoms with Crippen LogP contribution in [0.5, 0.6) is 5.88 Å². The van der Waals surface area contributed by atoms with Gasteiger partial charge in [-0.3, -0.25) is 4.68 Å². The highest BCUT2D eigenvalue weighted by Crippen LogP contribution is 2.30. The third-order valence-electron chi connectivity index (χ3n) is 4.82. The molecule has 4 aromatic heterocycles. The summed E-state index contributed by atoms with van der Waals surface area (Å²) in [7, 11) is 3.46. The predicted molar refractivity (Wildman–Crippen MR) is 115 cm³/mol. The van der Waals surface area contributed by atoms with Crippen LogP contribution in [0, 0.1) is 20.8 Å². The first-order valence-electron chi connectivity index (χ1n) is 9.24. The van der Waals surface area contributed by atoms with E-state index in [1.54, 1.807) is 22.7 Å². The van der Waals surface area contributed by atoms with Crippen molar-refractivity contribution in [1.82, 2.24) is 34.5 Å². The molecule has 0 fully saturated rings. The van der Waals surface area contributed by atoms with Crippen molar-refractivity contribution in [1.29, 1.82) is 0 Å². The van der Waals surface area contributed by atoms with Gasteiger partial charge in [0.05, 0.1) is 29.2 Å². The molecule has 10 heteroatoms. The van der Waals surface area contributed by atoms with Crippen molar-refractivity contribution in [3.05, 3.63) is 52.7 Å². The van der Waals surface area contributed by atoms with Gasteiger partial charge in [0.1, 0.15) is 18.0 Å². The van der Waals surface area contributed by atoms with Crippen molar-refractivity contribution < 1.29 is 4.74 Å². The van der Waals surface area contributed by atoms with Gasteiger partial charge < -0.3 is 10.1 Å². The Labute approximate surface area is 178 Å². The average molecular weight is 425 g/mol. The van der Waals surface area contributed by atoms with Crippen LogP contribution in [-0.2, 0) is 7.05 Å². The number of methoxy groups -OCH3 is 1. The average Bonchev–Trinajstić information content (AvgIpc) is 3.18. The lowest BCUT2D eigenvalue weighted by Crippen LogP contribution is -2.06. The zero-order valence-electron chi connectivity index (χ0n) is 17.3. The van der Waals surface area contributed by atoms with Crippen molar-refractivity contribution in [2.75, 3.05) is 12.4 Å². The molecule has 0 aliphatic rings. The molecule has 0 amide bonds. The second-order valence-electron chi connectivity index (χ2n) is 6.82. The molecular formula is C20H21ClN8O. The molecule has 0 spiro atoms. The zero-order chi connectivity index (χ0) is 21.4. The van der Waals surface area contributed by atoms with E-state index in [9.17, 15) is 0 Å². The molecule has 0 aliphatic carbocycles. The molecule has 0 aliphatic heterocycles. The molecule has 0 radical (unpaired) electrons. The highest BCUT2D eigenvalue weighted by molar-refractivity contribution is 6.31. The SMILES string of the molecule is COc1ccc(-c2nn(C)c(Nc3cc(-n4nc(C)c(Cl)c4C)ncn3)c2C)cn1. The Kier molecular flexibility index (Phi) is 5.13. The summed E-state index contributed by atoms with van der Waals surface area (Å²) in [5, 5.41) is 13.1. The Morgan fingerprint density at radius 2 is 1.87 bits per heavy atom. The van der Waals surface area contributed by atoms with E-state index in [1.165, 1.54) is 6.33 Å². The summed E-state index contributed by atoms with van der Waals surface area (Å²) in [5.41, 5.74) is 4.28. The molecule has 1 N–H and O–H groups in total. The number of aromatic nitrogens is 7. The lowest BCUT2D eigenvalue weighted by Gasteiger charge is -2.09. The zero-order valence-corrected chi connectivity index (χ0v) is 18.1. The second-order valence-corrected chi connectivity index (χ2v) is 7.20. The smallest absolute Gasteiger partial charge is 0.212 e. The summed E-state index contributed by atoms with van der Waals surface area (Å²) in [6, 6.07) is 5.56. The topological polar surface area (TPSA) is 95.6 Å². The molecule has 4 aromatic rings. The molecule has 0 unspecified atom stereocenters. The van der Waals surface area contributed by atoms with E-state index >= 15 is 0 Å². The van der Waals surface area contributed by atoms with E-state index in [-0.39, 0.29) is 0 Å². The summed E-state index contributed by atoms with van der Waals surface area (Å²) in [6.45, 7) is 5.76. The Balaban J connectivity index is 1.66. The van der Waals surface area contributed by atoms with Crippen molar-refractivity contribution in [3.8, 4) is 23.0 Å². The minimum Gasteiger partial charge on any atom is -0.481 e. The van der Waals surface area contributed by atoms with Gasteiger partial charge in [-0.2, -0.15) is 10.2 Å². The number of hydrogen-bond donors (Lipinski definition) is 1. The summed E-state index contributed by atoms with van der Waals surface area (Å²) in [5.74, 6) is 2.62. The molecule has 0 saturated carbocycles. The molecule has 0 saturated heterocycles. The van der Waals surface area contributed by atoms with Crippen LogP contribution in [0.25, 0.3) is 17.1 Å². The fourth-order valence-electron chi connectivity index (χ4n) is 3.22. The van der Waals surface area contributed by atoms with Gasteiger partial charge in [0.15, 0.2) is 5.82 Å². The summed E-state index contributed by atoms with van der Waals surface area (Å²) in [6.07, 6.45) is 3.23. The van der Waals surface area contributed by atoms with E-state index in [0.717, 1.165) is 34.0 Å². The monoisotopic (exact) mass is 424 g/mol. The third kappa shape index (κ3) is 3.48. The first kappa shape index (κ1) is 19.8. The quantitative estimate of drug-likeness (QED) is 0.520. The van der Waals surface area contributed by atoms with Crippen LogP contribution < -0.4 is 10.1 Å². The van der Waals surface area contributed by atoms with E-state index in [1.807, 2.05) is 46.0 Å². The van der Waals surface area contributed by atoms with Crippen LogP contribution in [0.4, 0.5) is 11.6 Å². The van der Waals surface area contributed by atoms with Gasteiger partial charge in [-0.15, -0.1) is 0 Å². The number of anilines is 2. The Morgan fingerprint density at radius 3 is 2.50 bits per heavy atom. The number of nitrogens with one attached hydrogen (secondary N) is 1. The molecule has 9 nitrogen and oxygen atoms in total. The van der Waals surface area contributed by atoms with E-state index in [4.69, 9.17) is 16.3 Å². The van der Waals surface area contributed by atoms with Crippen LogP contribution in [0.1, 0.15) is 17.0 Å². The van der Waals surface area contributed by atoms with Gasteiger partial charge in [-0.25, -0.2) is 19.6 Å². The van der Waals surface area contributed by atoms with Gasteiger partial charge in [0.25, 0.3) is 0 Å². The highest BCUT2D eigenvalue weighted by Gasteiger charge is 2.16. The number of aryl methyl sites for hydroxylation is 2. The number of halogens is 1. The van der Waals surface area contributed by atoms with Crippen LogP contribution in [0.3, 0.4) is 0 Å². The minimum atomic E-state index is 0.559. The highest BCUT2D eigenvalue weighted by atomic mass is 35.5. The fourth-order valence-corrected chi connectivity index (χ4v) is 3.34. The normalized spacial score (nSPS) is 11.0. The van der Waals surface area contributed by atoms with E-state index < -0.39 is 0 Å². The molecule has 4 rings (SSSR count). The molecule has 0 aromatic carbocycles.